The molecule has 3 aromatic rings. The van der Waals surface area contributed by atoms with Crippen LogP contribution in [0.25, 0.3) is 5.69 Å². The molecule has 150 valence electrons. The summed E-state index contributed by atoms with van der Waals surface area (Å²) in [5.41, 5.74) is 2.27. The number of urea groups is 1. The van der Waals surface area contributed by atoms with Gasteiger partial charge in [0.1, 0.15) is 0 Å². The number of hydrogen-bond donors (Lipinski definition) is 1. The van der Waals surface area contributed by atoms with E-state index in [9.17, 15) is 18.0 Å². The number of nitrogens with one attached hydrogen (secondary N) is 1. The van der Waals surface area contributed by atoms with Gasteiger partial charge in [0, 0.05) is 17.6 Å². The van der Waals surface area contributed by atoms with Gasteiger partial charge in [0.15, 0.2) is 0 Å². The van der Waals surface area contributed by atoms with Crippen LogP contribution in [-0.4, -0.2) is 15.5 Å². The van der Waals surface area contributed by atoms with Gasteiger partial charge in [-0.1, -0.05) is 31.2 Å². The van der Waals surface area contributed by atoms with E-state index >= 15 is 0 Å². The van der Waals surface area contributed by atoms with Crippen molar-refractivity contribution in [2.24, 2.45) is 0 Å². The molecule has 4 nitrogen and oxygen atoms in total. The summed E-state index contributed by atoms with van der Waals surface area (Å²) >= 11 is 0. The Kier molecular flexibility index (Phi) is 4.82. The Labute approximate surface area is 166 Å². The maximum absolute atomic E-state index is 13.1. The van der Waals surface area contributed by atoms with Crippen molar-refractivity contribution in [3.8, 4) is 5.69 Å². The highest BCUT2D eigenvalue weighted by molar-refractivity contribution is 5.90. The minimum atomic E-state index is -4.46. The predicted octanol–water partition coefficient (Wildman–Crippen LogP) is 5.99. The maximum Gasteiger partial charge on any atom is 0.416 e. The van der Waals surface area contributed by atoms with E-state index in [1.807, 2.05) is 49.5 Å². The van der Waals surface area contributed by atoms with E-state index in [1.165, 1.54) is 12.1 Å². The molecule has 1 aliphatic heterocycles. The fraction of sp³-hybridized carbons (Fsp3) is 0.227. The summed E-state index contributed by atoms with van der Waals surface area (Å²) in [5, 5.41) is 2.65. The van der Waals surface area contributed by atoms with Crippen molar-refractivity contribution in [1.29, 1.82) is 0 Å². The van der Waals surface area contributed by atoms with Crippen LogP contribution < -0.4 is 5.32 Å². The average Bonchev–Trinajstić information content (AvgIpc) is 3.12. The van der Waals surface area contributed by atoms with Crippen molar-refractivity contribution in [3.05, 3.63) is 83.7 Å². The molecule has 1 N–H and O–H groups in total. The molecule has 0 aliphatic carbocycles. The van der Waals surface area contributed by atoms with Crippen LogP contribution in [0.5, 0.6) is 0 Å². The number of hydrogen-bond acceptors (Lipinski definition) is 1. The minimum Gasteiger partial charge on any atom is -0.318 e. The standard InChI is InChI=1S/C22H20F3N3O/c1-2-18-20-11-6-12-27(20)19-10-4-3-7-15(19)14-28(18)21(29)26-17-9-5-8-16(13-17)22(23,24)25/h3-13,18H,2,14H2,1H3,(H,26,29)/t18-/m1/s1. The number of carbonyl (C=O) groups is 1. The Morgan fingerprint density at radius 1 is 1.10 bits per heavy atom. The summed E-state index contributed by atoms with van der Waals surface area (Å²) in [7, 11) is 0. The molecule has 7 heteroatoms. The van der Waals surface area contributed by atoms with E-state index < -0.39 is 17.8 Å². The fourth-order valence-electron chi connectivity index (χ4n) is 3.83. The smallest absolute Gasteiger partial charge is 0.318 e. The normalized spacial score (nSPS) is 16.0. The predicted molar refractivity (Wildman–Crippen MR) is 105 cm³/mol. The molecule has 0 bridgehead atoms. The van der Waals surface area contributed by atoms with Gasteiger partial charge in [-0.25, -0.2) is 4.79 Å². The van der Waals surface area contributed by atoms with Crippen LogP contribution in [0.1, 0.15) is 36.2 Å². The third-order valence-corrected chi connectivity index (χ3v) is 5.18. The highest BCUT2D eigenvalue weighted by atomic mass is 19.4. The van der Waals surface area contributed by atoms with E-state index in [4.69, 9.17) is 0 Å². The summed E-state index contributed by atoms with van der Waals surface area (Å²) in [4.78, 5) is 14.8. The first-order valence-electron chi connectivity index (χ1n) is 9.39. The van der Waals surface area contributed by atoms with Crippen LogP contribution in [0.4, 0.5) is 23.7 Å². The number of benzene rings is 2. The number of alkyl halides is 3. The zero-order valence-corrected chi connectivity index (χ0v) is 15.8. The molecule has 2 aromatic carbocycles. The zero-order chi connectivity index (χ0) is 20.6. The lowest BCUT2D eigenvalue weighted by atomic mass is 10.1. The molecule has 0 saturated carbocycles. The van der Waals surface area contributed by atoms with Crippen LogP contribution >= 0.6 is 0 Å². The van der Waals surface area contributed by atoms with Gasteiger partial charge in [-0.05, 0) is 48.4 Å². The van der Waals surface area contributed by atoms with E-state index in [1.54, 1.807) is 4.90 Å². The molecule has 1 aliphatic rings. The Balaban J connectivity index is 1.68. The minimum absolute atomic E-state index is 0.118. The second-order valence-electron chi connectivity index (χ2n) is 6.99. The molecule has 1 aromatic heterocycles. The topological polar surface area (TPSA) is 37.3 Å². The summed E-state index contributed by atoms with van der Waals surface area (Å²) in [6.07, 6.45) is -1.83. The van der Waals surface area contributed by atoms with Crippen LogP contribution in [0, 0.1) is 0 Å². The van der Waals surface area contributed by atoms with E-state index in [0.717, 1.165) is 29.1 Å². The Hall–Kier alpha value is -3.22. The lowest BCUT2D eigenvalue weighted by Gasteiger charge is -2.29. The average molecular weight is 399 g/mol. The second-order valence-corrected chi connectivity index (χ2v) is 6.99. The first-order chi connectivity index (χ1) is 13.9. The van der Waals surface area contributed by atoms with Crippen molar-refractivity contribution in [2.75, 3.05) is 5.32 Å². The largest absolute Gasteiger partial charge is 0.416 e. The summed E-state index contributed by atoms with van der Waals surface area (Å²) in [5.74, 6) is 0. The van der Waals surface area contributed by atoms with Crippen LogP contribution in [0.15, 0.2) is 66.9 Å². The van der Waals surface area contributed by atoms with Crippen molar-refractivity contribution in [1.82, 2.24) is 9.47 Å². The highest BCUT2D eigenvalue weighted by Gasteiger charge is 2.32. The molecule has 2 heterocycles. The molecule has 4 rings (SSSR count). The van der Waals surface area contributed by atoms with Gasteiger partial charge < -0.3 is 14.8 Å². The number of para-hydroxylation sites is 1. The van der Waals surface area contributed by atoms with Crippen molar-refractivity contribution in [3.63, 3.8) is 0 Å². The Morgan fingerprint density at radius 3 is 2.66 bits per heavy atom. The number of amides is 2. The molecule has 2 amide bonds. The van der Waals surface area contributed by atoms with Crippen LogP contribution in [-0.2, 0) is 12.7 Å². The summed E-state index contributed by atoms with van der Waals surface area (Å²) < 4.78 is 41.1. The number of aromatic nitrogens is 1. The molecular formula is C22H20F3N3O. The maximum atomic E-state index is 13.1. The third-order valence-electron chi connectivity index (χ3n) is 5.18. The Morgan fingerprint density at radius 2 is 1.90 bits per heavy atom. The zero-order valence-electron chi connectivity index (χ0n) is 15.8. The lowest BCUT2D eigenvalue weighted by Crippen LogP contribution is -2.37. The van der Waals surface area contributed by atoms with E-state index in [0.29, 0.717) is 13.0 Å². The summed E-state index contributed by atoms with van der Waals surface area (Å²) in [6, 6.07) is 15.8. The third kappa shape index (κ3) is 3.60. The van der Waals surface area contributed by atoms with Crippen molar-refractivity contribution < 1.29 is 18.0 Å². The highest BCUT2D eigenvalue weighted by Crippen LogP contribution is 2.35. The lowest BCUT2D eigenvalue weighted by molar-refractivity contribution is -0.137. The van der Waals surface area contributed by atoms with Gasteiger partial charge in [0.2, 0.25) is 0 Å². The van der Waals surface area contributed by atoms with E-state index in [2.05, 4.69) is 9.88 Å². The number of rotatable bonds is 2. The van der Waals surface area contributed by atoms with Gasteiger partial charge in [-0.15, -0.1) is 0 Å². The summed E-state index contributed by atoms with van der Waals surface area (Å²) in [6.45, 7) is 2.35. The second kappa shape index (κ2) is 7.31. The van der Waals surface area contributed by atoms with Crippen LogP contribution in [0.2, 0.25) is 0 Å². The van der Waals surface area contributed by atoms with Gasteiger partial charge >= 0.3 is 12.2 Å². The fourth-order valence-corrected chi connectivity index (χ4v) is 3.83. The number of halogens is 3. The molecule has 0 unspecified atom stereocenters. The first kappa shape index (κ1) is 19.1. The van der Waals surface area contributed by atoms with E-state index in [-0.39, 0.29) is 11.7 Å². The van der Waals surface area contributed by atoms with Crippen molar-refractivity contribution >= 4 is 11.7 Å². The van der Waals surface area contributed by atoms with Gasteiger partial charge in [0.05, 0.1) is 23.8 Å². The number of carbonyl (C=O) groups excluding carboxylic acids is 1. The number of fused-ring (bicyclic) bond motifs is 3. The molecular weight excluding hydrogens is 379 g/mol. The Bertz CT molecular complexity index is 1040. The van der Waals surface area contributed by atoms with Crippen LogP contribution in [0.3, 0.4) is 0 Å². The molecule has 1 atom stereocenters. The molecule has 0 spiro atoms. The van der Waals surface area contributed by atoms with Gasteiger partial charge in [-0.2, -0.15) is 13.2 Å². The SMILES string of the molecule is CC[C@@H]1c2cccn2-c2ccccc2CN1C(=O)Nc1cccc(C(F)(F)F)c1. The number of nitrogens with zero attached hydrogens (tertiary/aromatic N) is 2. The quantitative estimate of drug-likeness (QED) is 0.564. The molecule has 0 fully saturated rings. The molecule has 29 heavy (non-hydrogen) atoms. The first-order valence-corrected chi connectivity index (χ1v) is 9.39. The monoisotopic (exact) mass is 399 g/mol. The van der Waals surface area contributed by atoms with Gasteiger partial charge in [-0.3, -0.25) is 0 Å². The molecule has 0 radical (unpaired) electrons. The van der Waals surface area contributed by atoms with Gasteiger partial charge in [0.25, 0.3) is 0 Å². The van der Waals surface area contributed by atoms with Crippen molar-refractivity contribution in [2.45, 2.75) is 32.1 Å². The molecule has 0 saturated heterocycles. The number of anilines is 1.